The Morgan fingerprint density at radius 2 is 2.05 bits per heavy atom. The number of piperidine rings is 1. The summed E-state index contributed by atoms with van der Waals surface area (Å²) in [7, 11) is 0. The second-order valence-electron chi connectivity index (χ2n) is 6.41. The Balaban J connectivity index is 1.84. The molecule has 2 nitrogen and oxygen atoms in total. The van der Waals surface area contributed by atoms with Crippen molar-refractivity contribution in [3.05, 3.63) is 32.4 Å². The van der Waals surface area contributed by atoms with E-state index < -0.39 is 0 Å². The molecule has 1 aliphatic carbocycles. The van der Waals surface area contributed by atoms with Crippen LogP contribution in [0.3, 0.4) is 0 Å². The molecular weight excluding hydrogens is 397 g/mol. The molecule has 1 heterocycles. The topological polar surface area (TPSA) is 20.3 Å². The Kier molecular flexibility index (Phi) is 4.79. The monoisotopic (exact) mass is 417 g/mol. The molecule has 1 saturated carbocycles. The van der Waals surface area contributed by atoms with Crippen molar-refractivity contribution in [3.8, 4) is 0 Å². The minimum Gasteiger partial charge on any atom is -0.335 e. The van der Waals surface area contributed by atoms with Crippen molar-refractivity contribution in [1.82, 2.24) is 4.90 Å². The summed E-state index contributed by atoms with van der Waals surface area (Å²) in [4.78, 5) is 15.0. The van der Waals surface area contributed by atoms with Crippen LogP contribution in [0, 0.1) is 15.4 Å². The average Bonchev–Trinajstić information content (AvgIpc) is 2.50. The first-order chi connectivity index (χ1) is 10.1. The van der Waals surface area contributed by atoms with Gasteiger partial charge in [0.1, 0.15) is 0 Å². The lowest BCUT2D eigenvalue weighted by atomic mass is 9.72. The van der Waals surface area contributed by atoms with Crippen LogP contribution >= 0.6 is 34.2 Å². The Hall–Kier alpha value is -0.290. The van der Waals surface area contributed by atoms with Crippen LogP contribution in [0.1, 0.15) is 49.4 Å². The number of rotatable bonds is 1. The van der Waals surface area contributed by atoms with Crippen molar-refractivity contribution in [2.45, 2.75) is 45.1 Å². The minimum absolute atomic E-state index is 0.164. The first kappa shape index (κ1) is 15.6. The zero-order chi connectivity index (χ0) is 15.0. The van der Waals surface area contributed by atoms with E-state index in [1.54, 1.807) is 0 Å². The molecule has 2 aliphatic rings. The van der Waals surface area contributed by atoms with E-state index in [9.17, 15) is 4.79 Å². The Morgan fingerprint density at radius 1 is 1.29 bits per heavy atom. The van der Waals surface area contributed by atoms with Gasteiger partial charge in [-0.1, -0.05) is 31.4 Å². The molecule has 4 heteroatoms. The molecule has 1 aromatic rings. The highest BCUT2D eigenvalue weighted by molar-refractivity contribution is 14.1. The van der Waals surface area contributed by atoms with Gasteiger partial charge in [-0.25, -0.2) is 0 Å². The first-order valence-electron chi connectivity index (χ1n) is 7.84. The standard InChI is InChI=1S/C17H21ClINO/c1-11-8-9-20(16-5-3-2-4-13(11)16)17(21)12-6-7-15(19)14(18)10-12/h6-7,10-11,13,16H,2-5,8-9H2,1H3. The fourth-order valence-electron chi connectivity index (χ4n) is 3.96. The van der Waals surface area contributed by atoms with Gasteiger partial charge in [-0.3, -0.25) is 4.79 Å². The van der Waals surface area contributed by atoms with Crippen molar-refractivity contribution in [2.24, 2.45) is 11.8 Å². The van der Waals surface area contributed by atoms with Gasteiger partial charge in [0.2, 0.25) is 0 Å². The third-order valence-corrected chi connectivity index (χ3v) is 6.74. The summed E-state index contributed by atoms with van der Waals surface area (Å²) in [6.07, 6.45) is 6.15. The molecule has 1 aliphatic heterocycles. The van der Waals surface area contributed by atoms with Crippen LogP contribution in [-0.2, 0) is 0 Å². The van der Waals surface area contributed by atoms with E-state index in [1.807, 2.05) is 18.2 Å². The number of nitrogens with zero attached hydrogens (tertiary/aromatic N) is 1. The molecule has 3 atom stereocenters. The van der Waals surface area contributed by atoms with E-state index in [4.69, 9.17) is 11.6 Å². The number of halogens is 2. The predicted octanol–water partition coefficient (Wildman–Crippen LogP) is 4.99. The van der Waals surface area contributed by atoms with Gasteiger partial charge < -0.3 is 4.90 Å². The third kappa shape index (κ3) is 3.09. The van der Waals surface area contributed by atoms with Gasteiger partial charge in [0.05, 0.1) is 5.02 Å². The third-order valence-electron chi connectivity index (χ3n) is 5.17. The van der Waals surface area contributed by atoms with Crippen molar-refractivity contribution in [1.29, 1.82) is 0 Å². The number of hydrogen-bond acceptors (Lipinski definition) is 1. The highest BCUT2D eigenvalue weighted by atomic mass is 127. The first-order valence-corrected chi connectivity index (χ1v) is 9.29. The number of amides is 1. The lowest BCUT2D eigenvalue weighted by molar-refractivity contribution is 0.0218. The second-order valence-corrected chi connectivity index (χ2v) is 7.98. The summed E-state index contributed by atoms with van der Waals surface area (Å²) in [6.45, 7) is 3.25. The zero-order valence-corrected chi connectivity index (χ0v) is 15.2. The lowest BCUT2D eigenvalue weighted by Gasteiger charge is -2.47. The average molecular weight is 418 g/mol. The number of carbonyl (C=O) groups is 1. The fraction of sp³-hybridized carbons (Fsp3) is 0.588. The zero-order valence-electron chi connectivity index (χ0n) is 12.3. The lowest BCUT2D eigenvalue weighted by Crippen LogP contribution is -2.52. The maximum atomic E-state index is 12.9. The molecule has 0 bridgehead atoms. The van der Waals surface area contributed by atoms with Crippen LogP contribution in [0.2, 0.25) is 5.02 Å². The highest BCUT2D eigenvalue weighted by Crippen LogP contribution is 2.39. The normalized spacial score (nSPS) is 29.1. The second kappa shape index (κ2) is 6.45. The number of carbonyl (C=O) groups excluding carboxylic acids is 1. The molecule has 3 unspecified atom stereocenters. The molecule has 21 heavy (non-hydrogen) atoms. The van der Waals surface area contributed by atoms with Gasteiger partial charge in [-0.05, 0) is 71.9 Å². The SMILES string of the molecule is CC1CCN(C(=O)c2ccc(I)c(Cl)c2)C2CCCCC12. The van der Waals surface area contributed by atoms with Crippen LogP contribution in [0.15, 0.2) is 18.2 Å². The molecule has 2 fully saturated rings. The van der Waals surface area contributed by atoms with Crippen LogP contribution in [0.5, 0.6) is 0 Å². The van der Waals surface area contributed by atoms with Crippen LogP contribution in [0.4, 0.5) is 0 Å². The molecule has 1 saturated heterocycles. The minimum atomic E-state index is 0.164. The van der Waals surface area contributed by atoms with Gasteiger partial charge in [0.25, 0.3) is 5.91 Å². The van der Waals surface area contributed by atoms with Gasteiger partial charge in [-0.15, -0.1) is 0 Å². The number of fused-ring (bicyclic) bond motifs is 1. The summed E-state index contributed by atoms with van der Waals surface area (Å²) < 4.78 is 0.994. The van der Waals surface area contributed by atoms with Gasteiger partial charge in [0.15, 0.2) is 0 Å². The Bertz CT molecular complexity index is 548. The molecule has 3 rings (SSSR count). The molecule has 1 amide bonds. The van der Waals surface area contributed by atoms with Crippen molar-refractivity contribution >= 4 is 40.1 Å². The van der Waals surface area contributed by atoms with Crippen molar-refractivity contribution in [3.63, 3.8) is 0 Å². The maximum absolute atomic E-state index is 12.9. The van der Waals surface area contributed by atoms with E-state index in [0.29, 0.717) is 17.0 Å². The highest BCUT2D eigenvalue weighted by Gasteiger charge is 2.39. The van der Waals surface area contributed by atoms with Crippen LogP contribution < -0.4 is 0 Å². The van der Waals surface area contributed by atoms with Crippen molar-refractivity contribution < 1.29 is 4.79 Å². The molecule has 114 valence electrons. The summed E-state index contributed by atoms with van der Waals surface area (Å²) in [5, 5.41) is 0.673. The molecular formula is C17H21ClINO. The van der Waals surface area contributed by atoms with E-state index in [1.165, 1.54) is 25.7 Å². The van der Waals surface area contributed by atoms with E-state index in [2.05, 4.69) is 34.4 Å². The molecule has 0 N–H and O–H groups in total. The van der Waals surface area contributed by atoms with Gasteiger partial charge >= 0.3 is 0 Å². The summed E-state index contributed by atoms with van der Waals surface area (Å²) in [6, 6.07) is 6.10. The smallest absolute Gasteiger partial charge is 0.254 e. The number of hydrogen-bond donors (Lipinski definition) is 0. The quantitative estimate of drug-likeness (QED) is 0.590. The summed E-state index contributed by atoms with van der Waals surface area (Å²) in [5.74, 6) is 1.60. The number of likely N-dealkylation sites (tertiary alicyclic amines) is 1. The van der Waals surface area contributed by atoms with Gasteiger partial charge in [0, 0.05) is 21.7 Å². The van der Waals surface area contributed by atoms with Crippen LogP contribution in [0.25, 0.3) is 0 Å². The predicted molar refractivity (Wildman–Crippen MR) is 94.7 cm³/mol. The van der Waals surface area contributed by atoms with Gasteiger partial charge in [-0.2, -0.15) is 0 Å². The molecule has 1 aromatic carbocycles. The van der Waals surface area contributed by atoms with E-state index in [0.717, 1.165) is 28.0 Å². The van der Waals surface area contributed by atoms with E-state index >= 15 is 0 Å². The largest absolute Gasteiger partial charge is 0.335 e. The van der Waals surface area contributed by atoms with E-state index in [-0.39, 0.29) is 5.91 Å². The fourth-order valence-corrected chi connectivity index (χ4v) is 4.48. The Morgan fingerprint density at radius 3 is 2.81 bits per heavy atom. The Labute approximate surface area is 145 Å². The maximum Gasteiger partial charge on any atom is 0.254 e. The van der Waals surface area contributed by atoms with Crippen LogP contribution in [-0.4, -0.2) is 23.4 Å². The summed E-state index contributed by atoms with van der Waals surface area (Å²) >= 11 is 8.37. The molecule has 0 spiro atoms. The summed E-state index contributed by atoms with van der Waals surface area (Å²) in [5.41, 5.74) is 0.735. The number of benzene rings is 1. The molecule has 0 aromatic heterocycles. The van der Waals surface area contributed by atoms with Crippen molar-refractivity contribution in [2.75, 3.05) is 6.54 Å². The molecule has 0 radical (unpaired) electrons.